The molecule has 2 heterocycles. The molecule has 1 aromatic heterocycles. The minimum Gasteiger partial charge on any atom is -0.444 e. The smallest absolute Gasteiger partial charge is 0.410 e. The van der Waals surface area contributed by atoms with E-state index < -0.39 is 5.60 Å². The van der Waals surface area contributed by atoms with E-state index in [1.165, 1.54) is 0 Å². The van der Waals surface area contributed by atoms with Crippen molar-refractivity contribution in [1.29, 1.82) is 0 Å². The van der Waals surface area contributed by atoms with Crippen molar-refractivity contribution in [2.75, 3.05) is 36.4 Å². The van der Waals surface area contributed by atoms with Crippen LogP contribution >= 0.6 is 11.6 Å². The van der Waals surface area contributed by atoms with Crippen molar-refractivity contribution < 1.29 is 14.3 Å². The van der Waals surface area contributed by atoms with Gasteiger partial charge in [0, 0.05) is 38.1 Å². The van der Waals surface area contributed by atoms with Gasteiger partial charge in [0.15, 0.2) is 0 Å². The van der Waals surface area contributed by atoms with Gasteiger partial charge in [0.05, 0.1) is 10.7 Å². The maximum absolute atomic E-state index is 12.2. The number of hydrogen-bond donors (Lipinski definition) is 1. The van der Waals surface area contributed by atoms with Crippen LogP contribution in [-0.2, 0) is 4.74 Å². The number of anilines is 2. The van der Waals surface area contributed by atoms with Gasteiger partial charge in [-0.3, -0.25) is 9.78 Å². The van der Waals surface area contributed by atoms with Crippen LogP contribution in [0.1, 0.15) is 31.3 Å². The topological polar surface area (TPSA) is 74.8 Å². The van der Waals surface area contributed by atoms with Crippen LogP contribution in [0.2, 0.25) is 5.02 Å². The highest BCUT2D eigenvalue weighted by atomic mass is 35.5. The van der Waals surface area contributed by atoms with Crippen molar-refractivity contribution in [3.8, 4) is 0 Å². The van der Waals surface area contributed by atoms with E-state index in [1.807, 2.05) is 32.9 Å². The summed E-state index contributed by atoms with van der Waals surface area (Å²) in [6, 6.07) is 10.6. The van der Waals surface area contributed by atoms with E-state index in [-0.39, 0.29) is 12.0 Å². The fourth-order valence-corrected chi connectivity index (χ4v) is 3.29. The Morgan fingerprint density at radius 1 is 1.10 bits per heavy atom. The average molecular weight is 417 g/mol. The zero-order valence-electron chi connectivity index (χ0n) is 16.8. The number of aromatic nitrogens is 1. The van der Waals surface area contributed by atoms with Crippen LogP contribution in [0, 0.1) is 0 Å². The van der Waals surface area contributed by atoms with E-state index in [1.54, 1.807) is 35.4 Å². The van der Waals surface area contributed by atoms with Gasteiger partial charge >= 0.3 is 6.09 Å². The maximum atomic E-state index is 12.2. The first-order valence-electron chi connectivity index (χ1n) is 9.48. The second-order valence-electron chi connectivity index (χ2n) is 7.79. The molecule has 3 rings (SSSR count). The molecule has 8 heteroatoms. The van der Waals surface area contributed by atoms with Crippen LogP contribution in [-0.4, -0.2) is 53.7 Å². The maximum Gasteiger partial charge on any atom is 0.410 e. The van der Waals surface area contributed by atoms with E-state index in [0.29, 0.717) is 42.6 Å². The van der Waals surface area contributed by atoms with Crippen molar-refractivity contribution in [2.24, 2.45) is 0 Å². The minimum absolute atomic E-state index is 0.291. The lowest BCUT2D eigenvalue weighted by Crippen LogP contribution is -2.50. The average Bonchev–Trinajstić information content (AvgIpc) is 2.67. The molecule has 7 nitrogen and oxygen atoms in total. The van der Waals surface area contributed by atoms with E-state index in [0.717, 1.165) is 5.69 Å². The Labute approximate surface area is 175 Å². The number of rotatable bonds is 3. The van der Waals surface area contributed by atoms with Gasteiger partial charge in [-0.05, 0) is 51.1 Å². The first-order valence-corrected chi connectivity index (χ1v) is 9.85. The number of carbonyl (C=O) groups is 2. The Hall–Kier alpha value is -2.80. The van der Waals surface area contributed by atoms with Crippen LogP contribution in [0.25, 0.3) is 0 Å². The third kappa shape index (κ3) is 5.60. The Bertz CT molecular complexity index is 875. The number of amides is 2. The molecule has 29 heavy (non-hydrogen) atoms. The first-order chi connectivity index (χ1) is 13.7. The van der Waals surface area contributed by atoms with Gasteiger partial charge in [0.1, 0.15) is 11.3 Å². The molecule has 1 fully saturated rings. The second-order valence-corrected chi connectivity index (χ2v) is 8.20. The van der Waals surface area contributed by atoms with Gasteiger partial charge in [-0.1, -0.05) is 17.7 Å². The van der Waals surface area contributed by atoms with Gasteiger partial charge in [-0.15, -0.1) is 0 Å². The third-order valence-electron chi connectivity index (χ3n) is 4.38. The molecule has 154 valence electrons. The predicted molar refractivity (Wildman–Crippen MR) is 114 cm³/mol. The number of hydrogen-bond acceptors (Lipinski definition) is 5. The third-order valence-corrected chi connectivity index (χ3v) is 4.68. The lowest BCUT2D eigenvalue weighted by molar-refractivity contribution is 0.0240. The molecule has 2 amide bonds. The van der Waals surface area contributed by atoms with Crippen LogP contribution in [0.5, 0.6) is 0 Å². The van der Waals surface area contributed by atoms with Crippen molar-refractivity contribution in [3.05, 3.63) is 53.3 Å². The van der Waals surface area contributed by atoms with Gasteiger partial charge in [-0.25, -0.2) is 4.79 Å². The molecule has 1 saturated heterocycles. The van der Waals surface area contributed by atoms with Crippen LogP contribution < -0.4 is 10.2 Å². The Balaban J connectivity index is 1.60. The molecule has 0 aliphatic carbocycles. The lowest BCUT2D eigenvalue weighted by atomic mass is 10.2. The molecule has 0 atom stereocenters. The SMILES string of the molecule is CC(C)(C)OC(=O)N1CCN(c2ccc(NC(=O)c3ccccn3)cc2Cl)CC1. The summed E-state index contributed by atoms with van der Waals surface area (Å²) in [6.45, 7) is 7.99. The highest BCUT2D eigenvalue weighted by molar-refractivity contribution is 6.33. The van der Waals surface area contributed by atoms with E-state index >= 15 is 0 Å². The van der Waals surface area contributed by atoms with Crippen molar-refractivity contribution in [2.45, 2.75) is 26.4 Å². The molecule has 1 aliphatic rings. The zero-order valence-corrected chi connectivity index (χ0v) is 17.6. The van der Waals surface area contributed by atoms with E-state index in [9.17, 15) is 9.59 Å². The summed E-state index contributed by atoms with van der Waals surface area (Å²) in [5.41, 5.74) is 1.30. The number of nitrogens with one attached hydrogen (secondary N) is 1. The van der Waals surface area contributed by atoms with Gasteiger partial charge < -0.3 is 19.9 Å². The number of ether oxygens (including phenoxy) is 1. The van der Waals surface area contributed by atoms with Crippen LogP contribution in [0.3, 0.4) is 0 Å². The molecule has 0 saturated carbocycles. The molecule has 2 aromatic rings. The highest BCUT2D eigenvalue weighted by Crippen LogP contribution is 2.30. The van der Waals surface area contributed by atoms with Gasteiger partial charge in [0.2, 0.25) is 0 Å². The molecule has 0 radical (unpaired) electrons. The molecule has 0 unspecified atom stereocenters. The van der Waals surface area contributed by atoms with Crippen LogP contribution in [0.4, 0.5) is 16.2 Å². The summed E-state index contributed by atoms with van der Waals surface area (Å²) in [5, 5.41) is 3.34. The molecule has 0 bridgehead atoms. The standard InChI is InChI=1S/C21H25ClN4O3/c1-21(2,3)29-20(28)26-12-10-25(11-13-26)18-8-7-15(14-16(18)22)24-19(27)17-6-4-5-9-23-17/h4-9,14H,10-13H2,1-3H3,(H,24,27). The Morgan fingerprint density at radius 3 is 2.41 bits per heavy atom. The summed E-state index contributed by atoms with van der Waals surface area (Å²) < 4.78 is 5.43. The number of nitrogens with zero attached hydrogens (tertiary/aromatic N) is 3. The van der Waals surface area contributed by atoms with E-state index in [2.05, 4.69) is 15.2 Å². The Kier molecular flexibility index (Phi) is 6.27. The van der Waals surface area contributed by atoms with Crippen molar-refractivity contribution in [3.63, 3.8) is 0 Å². The summed E-state index contributed by atoms with van der Waals surface area (Å²) in [7, 11) is 0. The van der Waals surface area contributed by atoms with Gasteiger partial charge in [0.25, 0.3) is 5.91 Å². The number of piperazine rings is 1. The van der Waals surface area contributed by atoms with Crippen molar-refractivity contribution >= 4 is 35.0 Å². The molecule has 1 aromatic carbocycles. The van der Waals surface area contributed by atoms with Crippen molar-refractivity contribution in [1.82, 2.24) is 9.88 Å². The fourth-order valence-electron chi connectivity index (χ4n) is 2.99. The highest BCUT2D eigenvalue weighted by Gasteiger charge is 2.26. The van der Waals surface area contributed by atoms with E-state index in [4.69, 9.17) is 16.3 Å². The monoisotopic (exact) mass is 416 g/mol. The second kappa shape index (κ2) is 8.69. The van der Waals surface area contributed by atoms with Gasteiger partial charge in [-0.2, -0.15) is 0 Å². The molecule has 1 aliphatic heterocycles. The molecular formula is C21H25ClN4O3. The number of pyridine rings is 1. The predicted octanol–water partition coefficient (Wildman–Crippen LogP) is 4.04. The number of halogens is 1. The molecule has 1 N–H and O–H groups in total. The summed E-state index contributed by atoms with van der Waals surface area (Å²) in [4.78, 5) is 32.3. The molecular weight excluding hydrogens is 392 g/mol. The summed E-state index contributed by atoms with van der Waals surface area (Å²) in [5.74, 6) is -0.291. The largest absolute Gasteiger partial charge is 0.444 e. The quantitative estimate of drug-likeness (QED) is 0.817. The minimum atomic E-state index is -0.507. The number of benzene rings is 1. The lowest BCUT2D eigenvalue weighted by Gasteiger charge is -2.37. The Morgan fingerprint density at radius 2 is 1.83 bits per heavy atom. The summed E-state index contributed by atoms with van der Waals surface area (Å²) in [6.07, 6.45) is 1.28. The number of carbonyl (C=O) groups excluding carboxylic acids is 2. The molecule has 0 spiro atoms. The fraction of sp³-hybridized carbons (Fsp3) is 0.381. The zero-order chi connectivity index (χ0) is 21.0. The first kappa shape index (κ1) is 20.9. The normalized spacial score (nSPS) is 14.5. The summed E-state index contributed by atoms with van der Waals surface area (Å²) >= 11 is 6.46. The van der Waals surface area contributed by atoms with Crippen LogP contribution in [0.15, 0.2) is 42.6 Å².